The highest BCUT2D eigenvalue weighted by molar-refractivity contribution is 6.30. The number of alkyl halides is 6. The number of pyridine rings is 1. The van der Waals surface area contributed by atoms with Crippen LogP contribution in [0.2, 0.25) is 5.02 Å². The van der Waals surface area contributed by atoms with Gasteiger partial charge < -0.3 is 4.90 Å². The molecule has 3 aromatic rings. The van der Waals surface area contributed by atoms with Gasteiger partial charge in [-0.05, 0) is 48.7 Å². The van der Waals surface area contributed by atoms with Crippen LogP contribution in [0.15, 0.2) is 30.3 Å². The highest BCUT2D eigenvalue weighted by atomic mass is 35.5. The summed E-state index contributed by atoms with van der Waals surface area (Å²) in [5, 5.41) is 8.90. The predicted octanol–water partition coefficient (Wildman–Crippen LogP) is 5.74. The molecule has 0 spiro atoms. The zero-order chi connectivity index (χ0) is 26.5. The maximum absolute atomic E-state index is 13.6. The Morgan fingerprint density at radius 2 is 1.68 bits per heavy atom. The molecule has 5 rings (SSSR count). The van der Waals surface area contributed by atoms with Crippen LogP contribution in [0.3, 0.4) is 0 Å². The molecule has 2 aliphatic rings. The van der Waals surface area contributed by atoms with Crippen molar-refractivity contribution in [2.24, 2.45) is 0 Å². The Labute approximate surface area is 211 Å². The molecule has 1 fully saturated rings. The zero-order valence-electron chi connectivity index (χ0n) is 19.1. The Hall–Kier alpha value is -2.93. The molecule has 1 saturated heterocycles. The summed E-state index contributed by atoms with van der Waals surface area (Å²) in [7, 11) is 0. The Kier molecular flexibility index (Phi) is 6.55. The quantitative estimate of drug-likeness (QED) is 0.391. The van der Waals surface area contributed by atoms with Crippen LogP contribution in [-0.2, 0) is 19.3 Å². The molecule has 0 atom stereocenters. The summed E-state index contributed by atoms with van der Waals surface area (Å²) < 4.78 is 94.2. The van der Waals surface area contributed by atoms with Crippen LogP contribution in [0.4, 0.5) is 36.6 Å². The van der Waals surface area contributed by atoms with Crippen molar-refractivity contribution < 1.29 is 30.7 Å². The minimum Gasteiger partial charge on any atom is -0.357 e. The summed E-state index contributed by atoms with van der Waals surface area (Å²) in [5.74, 6) is -0.642. The molecule has 4 heterocycles. The van der Waals surface area contributed by atoms with Crippen molar-refractivity contribution >= 4 is 17.4 Å². The lowest BCUT2D eigenvalue weighted by Crippen LogP contribution is -2.34. The fourth-order valence-corrected chi connectivity index (χ4v) is 5.09. The van der Waals surface area contributed by atoms with Crippen LogP contribution in [0.1, 0.15) is 41.7 Å². The van der Waals surface area contributed by atoms with E-state index in [1.807, 2.05) is 0 Å². The van der Waals surface area contributed by atoms with E-state index in [0.29, 0.717) is 53.9 Å². The van der Waals surface area contributed by atoms with Crippen molar-refractivity contribution in [3.05, 3.63) is 64.1 Å². The number of nitrogens with zero attached hydrogens (tertiary/aromatic N) is 6. The fraction of sp³-hybridized carbons (Fsp3) is 0.435. The van der Waals surface area contributed by atoms with Gasteiger partial charge >= 0.3 is 12.4 Å². The summed E-state index contributed by atoms with van der Waals surface area (Å²) >= 11 is 6.14. The number of anilines is 1. The maximum atomic E-state index is 13.6. The van der Waals surface area contributed by atoms with Gasteiger partial charge in [0.15, 0.2) is 17.3 Å². The van der Waals surface area contributed by atoms with Gasteiger partial charge in [-0.15, -0.1) is 10.2 Å². The van der Waals surface area contributed by atoms with E-state index < -0.39 is 30.4 Å². The molecule has 0 unspecified atom stereocenters. The van der Waals surface area contributed by atoms with Crippen molar-refractivity contribution in [2.75, 3.05) is 24.5 Å². The van der Waals surface area contributed by atoms with Crippen molar-refractivity contribution in [3.8, 4) is 5.69 Å². The molecule has 0 N–H and O–H groups in total. The molecule has 2 aromatic heterocycles. The van der Waals surface area contributed by atoms with E-state index >= 15 is 0 Å². The number of benzene rings is 1. The summed E-state index contributed by atoms with van der Waals surface area (Å²) in [6.07, 6.45) is -8.35. The van der Waals surface area contributed by atoms with E-state index in [-0.39, 0.29) is 24.8 Å². The number of aromatic nitrogens is 4. The monoisotopic (exact) mass is 548 g/mol. The van der Waals surface area contributed by atoms with Crippen molar-refractivity contribution in [2.45, 2.75) is 44.2 Å². The normalized spacial score (nSPS) is 17.5. The summed E-state index contributed by atoms with van der Waals surface area (Å²) in [5.41, 5.74) is -0.320. The maximum Gasteiger partial charge on any atom is 0.436 e. The highest BCUT2D eigenvalue weighted by Crippen LogP contribution is 2.36. The Balaban J connectivity index is 1.41. The third-order valence-electron chi connectivity index (χ3n) is 6.48. The molecule has 1 aromatic carbocycles. The van der Waals surface area contributed by atoms with Gasteiger partial charge in [-0.3, -0.25) is 9.47 Å². The molecule has 6 nitrogen and oxygen atoms in total. The summed E-state index contributed by atoms with van der Waals surface area (Å²) in [6.45, 7) is -0.511. The molecule has 0 aliphatic carbocycles. The van der Waals surface area contributed by atoms with Gasteiger partial charge in [0.25, 0.3) is 0 Å². The minimum atomic E-state index is -4.91. The van der Waals surface area contributed by atoms with E-state index in [1.54, 1.807) is 27.7 Å². The second-order valence-corrected chi connectivity index (χ2v) is 9.54. The lowest BCUT2D eigenvalue weighted by molar-refractivity contribution is -0.148. The van der Waals surface area contributed by atoms with Gasteiger partial charge in [-0.1, -0.05) is 11.6 Å². The molecule has 0 bridgehead atoms. The van der Waals surface area contributed by atoms with Crippen molar-refractivity contribution in [1.82, 2.24) is 24.6 Å². The predicted molar refractivity (Wildman–Crippen MR) is 120 cm³/mol. The zero-order valence-corrected chi connectivity index (χ0v) is 19.9. The molecule has 2 aliphatic heterocycles. The van der Waals surface area contributed by atoms with Crippen molar-refractivity contribution in [3.63, 3.8) is 0 Å². The average molecular weight is 549 g/mol. The minimum absolute atomic E-state index is 0.0222. The molecule has 14 heteroatoms. The number of piperidine rings is 1. The van der Waals surface area contributed by atoms with Gasteiger partial charge in [0, 0.05) is 30.6 Å². The average Bonchev–Trinajstić information content (AvgIpc) is 3.14. The number of hydrogen-bond donors (Lipinski definition) is 0. The number of fused-ring (bicyclic) bond motifs is 3. The first kappa shape index (κ1) is 25.7. The van der Waals surface area contributed by atoms with E-state index in [4.69, 9.17) is 11.6 Å². The van der Waals surface area contributed by atoms with Gasteiger partial charge in [-0.25, -0.2) is 9.37 Å². The van der Waals surface area contributed by atoms with Gasteiger partial charge in [0.05, 0.1) is 18.8 Å². The lowest BCUT2D eigenvalue weighted by atomic mass is 9.95. The smallest absolute Gasteiger partial charge is 0.357 e. The molecule has 0 saturated carbocycles. The Bertz CT molecular complexity index is 1300. The second-order valence-electron chi connectivity index (χ2n) is 9.10. The molecule has 0 radical (unpaired) electrons. The standard InChI is InChI=1S/C23H20ClF7N6/c24-15-1-3-17-14(9-15)10-35(12-22(26,27)28)11-19-33-34-21(37(17)19)13-5-7-36(8-6-13)18-4-2-16(25)20(32-18)23(29,30)31/h1-4,9,13H,5-8,10-12H2. The van der Waals surface area contributed by atoms with Crippen LogP contribution in [-0.4, -0.2) is 50.5 Å². The van der Waals surface area contributed by atoms with Gasteiger partial charge in [0.2, 0.25) is 0 Å². The third kappa shape index (κ3) is 5.37. The van der Waals surface area contributed by atoms with E-state index in [0.717, 1.165) is 6.07 Å². The number of rotatable bonds is 3. The first-order valence-corrected chi connectivity index (χ1v) is 11.8. The Morgan fingerprint density at radius 3 is 2.35 bits per heavy atom. The lowest BCUT2D eigenvalue weighted by Gasteiger charge is -2.33. The van der Waals surface area contributed by atoms with Crippen LogP contribution >= 0.6 is 11.6 Å². The summed E-state index contributed by atoms with van der Waals surface area (Å²) in [4.78, 5) is 6.37. The van der Waals surface area contributed by atoms with Crippen LogP contribution in [0, 0.1) is 5.82 Å². The first-order valence-electron chi connectivity index (χ1n) is 11.4. The molecule has 0 amide bonds. The topological polar surface area (TPSA) is 50.1 Å². The third-order valence-corrected chi connectivity index (χ3v) is 6.72. The fourth-order valence-electron chi connectivity index (χ4n) is 4.89. The largest absolute Gasteiger partial charge is 0.436 e. The molecular weight excluding hydrogens is 529 g/mol. The highest BCUT2D eigenvalue weighted by Gasteiger charge is 2.38. The second kappa shape index (κ2) is 9.43. The SMILES string of the molecule is Fc1ccc(N2CCC(c3nnc4n3-c3ccc(Cl)cc3CN(CC(F)(F)F)C4)CC2)nc1C(F)(F)F. The first-order chi connectivity index (χ1) is 17.4. The van der Waals surface area contributed by atoms with Gasteiger partial charge in [-0.2, -0.15) is 26.3 Å². The van der Waals surface area contributed by atoms with E-state index in [9.17, 15) is 30.7 Å². The van der Waals surface area contributed by atoms with E-state index in [1.165, 1.54) is 11.0 Å². The van der Waals surface area contributed by atoms with Crippen LogP contribution in [0.5, 0.6) is 0 Å². The Morgan fingerprint density at radius 1 is 0.946 bits per heavy atom. The van der Waals surface area contributed by atoms with Crippen LogP contribution < -0.4 is 4.90 Å². The number of hydrogen-bond acceptors (Lipinski definition) is 5. The van der Waals surface area contributed by atoms with Crippen molar-refractivity contribution in [1.29, 1.82) is 0 Å². The van der Waals surface area contributed by atoms with E-state index in [2.05, 4.69) is 15.2 Å². The molecule has 37 heavy (non-hydrogen) atoms. The van der Waals surface area contributed by atoms with Crippen LogP contribution in [0.25, 0.3) is 5.69 Å². The molecule has 198 valence electrons. The summed E-state index contributed by atoms with van der Waals surface area (Å²) in [6, 6.07) is 6.96. The van der Waals surface area contributed by atoms with Gasteiger partial charge in [0.1, 0.15) is 11.6 Å². The molecular formula is C23H20ClF7N6. The number of halogens is 8.